The van der Waals surface area contributed by atoms with Crippen LogP contribution in [0.15, 0.2) is 79.0 Å². The van der Waals surface area contributed by atoms with Gasteiger partial charge in [0.25, 0.3) is 5.91 Å². The Kier molecular flexibility index (Phi) is 6.58. The minimum atomic E-state index is -0.633. The van der Waals surface area contributed by atoms with Crippen LogP contribution in [0.4, 0.5) is 17.1 Å². The zero-order valence-corrected chi connectivity index (χ0v) is 16.4. The fourth-order valence-electron chi connectivity index (χ4n) is 2.92. The molecular weight excluding hydrogens is 366 g/mol. The first-order valence-electron chi connectivity index (χ1n) is 9.37. The molecule has 2 aromatic carbocycles. The second kappa shape index (κ2) is 9.50. The molecule has 0 saturated heterocycles. The zero-order chi connectivity index (χ0) is 20.6. The standard InChI is InChI=1S/C23H23N3O3/c1-17(2)26(19-8-4-3-5-9-19)20-13-11-18(12-14-20)25-22(27)16-29-23(28)21-10-6-7-15-24-21/h3-15,17H,16H2,1-2H3,(H,25,27). The first kappa shape index (κ1) is 20.1. The fraction of sp³-hybridized carbons (Fsp3) is 0.174. The number of para-hydroxylation sites is 1. The molecule has 0 radical (unpaired) electrons. The summed E-state index contributed by atoms with van der Waals surface area (Å²) in [6, 6.07) is 22.8. The maximum atomic E-state index is 12.1. The van der Waals surface area contributed by atoms with Gasteiger partial charge in [0.1, 0.15) is 5.69 Å². The normalized spacial score (nSPS) is 10.4. The number of hydrogen-bond donors (Lipinski definition) is 1. The summed E-state index contributed by atoms with van der Waals surface area (Å²) in [5.74, 6) is -1.04. The molecule has 1 aromatic heterocycles. The number of anilines is 3. The summed E-state index contributed by atoms with van der Waals surface area (Å²) in [5.41, 5.74) is 2.91. The highest BCUT2D eigenvalue weighted by Crippen LogP contribution is 2.28. The molecule has 1 amide bonds. The Labute approximate surface area is 170 Å². The molecule has 0 aliphatic carbocycles. The SMILES string of the molecule is CC(C)N(c1ccccc1)c1ccc(NC(=O)COC(=O)c2ccccn2)cc1. The Balaban J connectivity index is 1.60. The van der Waals surface area contributed by atoms with Crippen molar-refractivity contribution in [1.29, 1.82) is 0 Å². The van der Waals surface area contributed by atoms with Gasteiger partial charge >= 0.3 is 5.97 Å². The number of esters is 1. The fourth-order valence-corrected chi connectivity index (χ4v) is 2.92. The number of nitrogens with one attached hydrogen (secondary N) is 1. The van der Waals surface area contributed by atoms with Gasteiger partial charge in [0, 0.05) is 29.3 Å². The molecule has 0 aliphatic heterocycles. The molecule has 1 heterocycles. The first-order valence-corrected chi connectivity index (χ1v) is 9.37. The molecule has 0 atom stereocenters. The Morgan fingerprint density at radius 3 is 2.21 bits per heavy atom. The van der Waals surface area contributed by atoms with Crippen molar-refractivity contribution >= 4 is 28.9 Å². The molecule has 3 rings (SSSR count). The van der Waals surface area contributed by atoms with Gasteiger partial charge in [-0.05, 0) is 62.4 Å². The number of benzene rings is 2. The average Bonchev–Trinajstić information content (AvgIpc) is 2.74. The van der Waals surface area contributed by atoms with Crippen molar-refractivity contribution < 1.29 is 14.3 Å². The molecule has 29 heavy (non-hydrogen) atoms. The Hall–Kier alpha value is -3.67. The summed E-state index contributed by atoms with van der Waals surface area (Å²) in [6.07, 6.45) is 1.49. The van der Waals surface area contributed by atoms with Crippen molar-refractivity contribution in [2.24, 2.45) is 0 Å². The summed E-state index contributed by atoms with van der Waals surface area (Å²) < 4.78 is 4.99. The van der Waals surface area contributed by atoms with Crippen LogP contribution in [0.25, 0.3) is 0 Å². The highest BCUT2D eigenvalue weighted by molar-refractivity contribution is 5.95. The van der Waals surface area contributed by atoms with Gasteiger partial charge in [-0.2, -0.15) is 0 Å². The minimum absolute atomic E-state index is 0.166. The monoisotopic (exact) mass is 389 g/mol. The van der Waals surface area contributed by atoms with Crippen LogP contribution in [0.2, 0.25) is 0 Å². The molecule has 3 aromatic rings. The van der Waals surface area contributed by atoms with Crippen LogP contribution < -0.4 is 10.2 Å². The van der Waals surface area contributed by atoms with E-state index in [0.29, 0.717) is 5.69 Å². The average molecular weight is 389 g/mol. The van der Waals surface area contributed by atoms with Gasteiger partial charge in [-0.15, -0.1) is 0 Å². The molecular formula is C23H23N3O3. The Morgan fingerprint density at radius 2 is 1.59 bits per heavy atom. The Bertz CT molecular complexity index is 942. The van der Waals surface area contributed by atoms with E-state index in [1.54, 1.807) is 12.1 Å². The molecule has 1 N–H and O–H groups in total. The van der Waals surface area contributed by atoms with E-state index in [2.05, 4.69) is 41.2 Å². The van der Waals surface area contributed by atoms with E-state index in [-0.39, 0.29) is 18.3 Å². The summed E-state index contributed by atoms with van der Waals surface area (Å²) in [5, 5.41) is 2.73. The third-order valence-corrected chi connectivity index (χ3v) is 4.19. The van der Waals surface area contributed by atoms with Crippen LogP contribution in [-0.2, 0) is 9.53 Å². The van der Waals surface area contributed by atoms with Gasteiger partial charge in [0.05, 0.1) is 0 Å². The van der Waals surface area contributed by atoms with Crippen molar-refractivity contribution in [1.82, 2.24) is 4.98 Å². The number of nitrogens with zero attached hydrogens (tertiary/aromatic N) is 2. The lowest BCUT2D eigenvalue weighted by molar-refractivity contribution is -0.119. The van der Waals surface area contributed by atoms with Gasteiger partial charge in [-0.3, -0.25) is 4.79 Å². The molecule has 0 spiro atoms. The molecule has 148 valence electrons. The van der Waals surface area contributed by atoms with Gasteiger partial charge in [0.15, 0.2) is 6.61 Å². The number of pyridine rings is 1. The van der Waals surface area contributed by atoms with Crippen molar-refractivity contribution in [3.8, 4) is 0 Å². The van der Waals surface area contributed by atoms with Crippen molar-refractivity contribution in [3.05, 3.63) is 84.7 Å². The number of ether oxygens (including phenoxy) is 1. The van der Waals surface area contributed by atoms with Crippen LogP contribution in [0, 0.1) is 0 Å². The van der Waals surface area contributed by atoms with Crippen molar-refractivity contribution in [2.75, 3.05) is 16.8 Å². The summed E-state index contributed by atoms with van der Waals surface area (Å²) >= 11 is 0. The van der Waals surface area contributed by atoms with Crippen molar-refractivity contribution in [3.63, 3.8) is 0 Å². The molecule has 0 aliphatic rings. The lowest BCUT2D eigenvalue weighted by Crippen LogP contribution is -2.25. The number of aromatic nitrogens is 1. The number of hydrogen-bond acceptors (Lipinski definition) is 5. The molecule has 6 heteroatoms. The van der Waals surface area contributed by atoms with Crippen LogP contribution in [0.1, 0.15) is 24.3 Å². The predicted octanol–water partition coefficient (Wildman–Crippen LogP) is 4.42. The van der Waals surface area contributed by atoms with Gasteiger partial charge in [-0.1, -0.05) is 24.3 Å². The molecule has 6 nitrogen and oxygen atoms in total. The van der Waals surface area contributed by atoms with E-state index in [9.17, 15) is 9.59 Å². The topological polar surface area (TPSA) is 71.5 Å². The smallest absolute Gasteiger partial charge is 0.357 e. The summed E-state index contributed by atoms with van der Waals surface area (Å²) in [4.78, 5) is 30.0. The predicted molar refractivity (Wildman–Crippen MR) is 113 cm³/mol. The van der Waals surface area contributed by atoms with Gasteiger partial charge < -0.3 is 15.0 Å². The lowest BCUT2D eigenvalue weighted by Gasteiger charge is -2.29. The maximum Gasteiger partial charge on any atom is 0.357 e. The first-order chi connectivity index (χ1) is 14.0. The minimum Gasteiger partial charge on any atom is -0.451 e. The molecule has 0 saturated carbocycles. The quantitative estimate of drug-likeness (QED) is 0.606. The summed E-state index contributed by atoms with van der Waals surface area (Å²) in [6.45, 7) is 3.87. The van der Waals surface area contributed by atoms with E-state index in [1.165, 1.54) is 12.3 Å². The number of rotatable bonds is 7. The maximum absolute atomic E-state index is 12.1. The highest BCUT2D eigenvalue weighted by atomic mass is 16.5. The Morgan fingerprint density at radius 1 is 0.931 bits per heavy atom. The van der Waals surface area contributed by atoms with Gasteiger partial charge in [-0.25, -0.2) is 9.78 Å². The number of amides is 1. The molecule has 0 unspecified atom stereocenters. The van der Waals surface area contributed by atoms with Gasteiger partial charge in [0.2, 0.25) is 0 Å². The number of carbonyl (C=O) groups is 2. The molecule has 0 bridgehead atoms. The van der Waals surface area contributed by atoms with E-state index < -0.39 is 11.9 Å². The van der Waals surface area contributed by atoms with Crippen molar-refractivity contribution in [2.45, 2.75) is 19.9 Å². The van der Waals surface area contributed by atoms with Crippen LogP contribution in [0.5, 0.6) is 0 Å². The zero-order valence-electron chi connectivity index (χ0n) is 16.4. The largest absolute Gasteiger partial charge is 0.451 e. The third kappa shape index (κ3) is 5.42. The van der Waals surface area contributed by atoms with E-state index in [0.717, 1.165) is 11.4 Å². The number of carbonyl (C=O) groups excluding carboxylic acids is 2. The van der Waals surface area contributed by atoms with Crippen LogP contribution in [-0.4, -0.2) is 29.5 Å². The highest BCUT2D eigenvalue weighted by Gasteiger charge is 2.14. The lowest BCUT2D eigenvalue weighted by atomic mass is 10.2. The van der Waals surface area contributed by atoms with E-state index >= 15 is 0 Å². The third-order valence-electron chi connectivity index (χ3n) is 4.19. The van der Waals surface area contributed by atoms with E-state index in [1.807, 2.05) is 42.5 Å². The second-order valence-corrected chi connectivity index (χ2v) is 6.69. The van der Waals surface area contributed by atoms with Crippen LogP contribution >= 0.6 is 0 Å². The van der Waals surface area contributed by atoms with Crippen LogP contribution in [0.3, 0.4) is 0 Å². The summed E-state index contributed by atoms with van der Waals surface area (Å²) in [7, 11) is 0. The molecule has 0 fully saturated rings. The van der Waals surface area contributed by atoms with E-state index in [4.69, 9.17) is 4.74 Å². The second-order valence-electron chi connectivity index (χ2n) is 6.69.